The van der Waals surface area contributed by atoms with Crippen molar-refractivity contribution < 1.29 is 9.90 Å². The van der Waals surface area contributed by atoms with Crippen LogP contribution in [0.15, 0.2) is 22.7 Å². The Labute approximate surface area is 108 Å². The molecule has 0 fully saturated rings. The maximum Gasteiger partial charge on any atom is 0.337 e. The van der Waals surface area contributed by atoms with Crippen molar-refractivity contribution in [3.8, 4) is 0 Å². The molecule has 1 rings (SSSR count). The van der Waals surface area contributed by atoms with Gasteiger partial charge in [-0.15, -0.1) is 0 Å². The van der Waals surface area contributed by atoms with Gasteiger partial charge in [-0.05, 0) is 36.6 Å². The van der Waals surface area contributed by atoms with Crippen LogP contribution in [-0.4, -0.2) is 29.6 Å². The second-order valence-electron chi connectivity index (χ2n) is 3.27. The van der Waals surface area contributed by atoms with Crippen molar-refractivity contribution in [3.63, 3.8) is 0 Å². The van der Waals surface area contributed by atoms with E-state index in [4.69, 9.17) is 5.11 Å². The summed E-state index contributed by atoms with van der Waals surface area (Å²) in [6.45, 7) is 0.794. The van der Waals surface area contributed by atoms with Gasteiger partial charge >= 0.3 is 5.97 Å². The molecule has 1 aromatic rings. The summed E-state index contributed by atoms with van der Waals surface area (Å²) < 4.78 is 0.777. The summed E-state index contributed by atoms with van der Waals surface area (Å²) >= 11 is 5.05. The molecular weight excluding hydrogens is 290 g/mol. The molecule has 16 heavy (non-hydrogen) atoms. The van der Waals surface area contributed by atoms with Crippen LogP contribution in [0.4, 0.5) is 5.69 Å². The van der Waals surface area contributed by atoms with E-state index in [0.717, 1.165) is 23.2 Å². The van der Waals surface area contributed by atoms with Crippen molar-refractivity contribution in [2.75, 3.05) is 23.9 Å². The Kier molecular flexibility index (Phi) is 5.69. The highest BCUT2D eigenvalue weighted by Gasteiger charge is 2.09. The highest BCUT2D eigenvalue weighted by molar-refractivity contribution is 9.10. The number of aromatic carboxylic acids is 1. The predicted molar refractivity (Wildman–Crippen MR) is 72.6 cm³/mol. The molecule has 0 saturated heterocycles. The van der Waals surface area contributed by atoms with E-state index in [9.17, 15) is 4.79 Å². The van der Waals surface area contributed by atoms with Crippen molar-refractivity contribution in [2.45, 2.75) is 6.42 Å². The molecule has 0 aliphatic heterocycles. The van der Waals surface area contributed by atoms with Gasteiger partial charge in [-0.1, -0.05) is 15.9 Å². The second kappa shape index (κ2) is 6.81. The summed E-state index contributed by atoms with van der Waals surface area (Å²) in [4.78, 5) is 11.0. The van der Waals surface area contributed by atoms with Crippen LogP contribution >= 0.6 is 27.7 Å². The van der Waals surface area contributed by atoms with E-state index in [1.165, 1.54) is 0 Å². The smallest absolute Gasteiger partial charge is 0.337 e. The predicted octanol–water partition coefficient (Wildman–Crippen LogP) is 3.31. The highest BCUT2D eigenvalue weighted by atomic mass is 79.9. The van der Waals surface area contributed by atoms with Crippen molar-refractivity contribution in [1.82, 2.24) is 0 Å². The van der Waals surface area contributed by atoms with Crippen molar-refractivity contribution >= 4 is 39.3 Å². The third-order valence-corrected chi connectivity index (χ3v) is 3.24. The lowest BCUT2D eigenvalue weighted by atomic mass is 10.2. The molecule has 0 unspecified atom stereocenters. The standard InChI is InChI=1S/C11H14BrNO2S/c1-16-6-2-5-13-10-4-3-8(12)7-9(10)11(14)15/h3-4,7,13H,2,5-6H2,1H3,(H,14,15). The van der Waals surface area contributed by atoms with Gasteiger partial charge in [-0.2, -0.15) is 11.8 Å². The number of hydrogen-bond donors (Lipinski definition) is 2. The van der Waals surface area contributed by atoms with Gasteiger partial charge < -0.3 is 10.4 Å². The first-order valence-electron chi connectivity index (χ1n) is 4.91. The summed E-state index contributed by atoms with van der Waals surface area (Å²) in [5.74, 6) is 0.167. The zero-order valence-corrected chi connectivity index (χ0v) is 11.4. The molecule has 0 amide bonds. The number of rotatable bonds is 6. The Bertz CT molecular complexity index is 371. The molecule has 0 radical (unpaired) electrons. The highest BCUT2D eigenvalue weighted by Crippen LogP contribution is 2.21. The molecule has 0 bridgehead atoms. The fraction of sp³-hybridized carbons (Fsp3) is 0.364. The zero-order valence-electron chi connectivity index (χ0n) is 9.00. The molecule has 0 aromatic heterocycles. The summed E-state index contributed by atoms with van der Waals surface area (Å²) in [7, 11) is 0. The van der Waals surface area contributed by atoms with Crippen LogP contribution in [0.25, 0.3) is 0 Å². The zero-order chi connectivity index (χ0) is 12.0. The van der Waals surface area contributed by atoms with E-state index >= 15 is 0 Å². The largest absolute Gasteiger partial charge is 0.478 e. The van der Waals surface area contributed by atoms with Crippen molar-refractivity contribution in [3.05, 3.63) is 28.2 Å². The van der Waals surface area contributed by atoms with E-state index in [1.807, 2.05) is 6.07 Å². The molecule has 1 aromatic carbocycles. The third-order valence-electron chi connectivity index (χ3n) is 2.05. The van der Waals surface area contributed by atoms with Crippen LogP contribution in [-0.2, 0) is 0 Å². The van der Waals surface area contributed by atoms with E-state index in [-0.39, 0.29) is 0 Å². The first-order valence-corrected chi connectivity index (χ1v) is 7.09. The lowest BCUT2D eigenvalue weighted by molar-refractivity contribution is 0.0698. The van der Waals surface area contributed by atoms with Crippen molar-refractivity contribution in [2.24, 2.45) is 0 Å². The minimum atomic E-state index is -0.909. The minimum absolute atomic E-state index is 0.304. The Balaban J connectivity index is 2.67. The molecule has 0 atom stereocenters. The summed E-state index contributed by atoms with van der Waals surface area (Å²) in [5, 5.41) is 12.2. The molecular formula is C11H14BrNO2S. The maximum absolute atomic E-state index is 11.0. The van der Waals surface area contributed by atoms with E-state index < -0.39 is 5.97 Å². The first-order chi connectivity index (χ1) is 7.65. The topological polar surface area (TPSA) is 49.3 Å². The average Bonchev–Trinajstić information content (AvgIpc) is 2.26. The Morgan fingerprint density at radius 3 is 2.94 bits per heavy atom. The quantitative estimate of drug-likeness (QED) is 0.792. The molecule has 0 saturated carbocycles. The second-order valence-corrected chi connectivity index (χ2v) is 5.17. The molecule has 0 heterocycles. The molecule has 0 aliphatic carbocycles. The van der Waals surface area contributed by atoms with Gasteiger partial charge in [-0.3, -0.25) is 0 Å². The van der Waals surface area contributed by atoms with Gasteiger partial charge in [0.25, 0.3) is 0 Å². The lowest BCUT2D eigenvalue weighted by Gasteiger charge is -2.09. The van der Waals surface area contributed by atoms with Crippen LogP contribution in [0.3, 0.4) is 0 Å². The monoisotopic (exact) mass is 303 g/mol. The van der Waals surface area contributed by atoms with E-state index in [1.54, 1.807) is 23.9 Å². The number of carboxylic acid groups (broad SMARTS) is 1. The van der Waals surface area contributed by atoms with Gasteiger partial charge in [0.05, 0.1) is 5.56 Å². The number of thioether (sulfide) groups is 1. The van der Waals surface area contributed by atoms with Crippen LogP contribution in [0.2, 0.25) is 0 Å². The van der Waals surface area contributed by atoms with E-state index in [0.29, 0.717) is 11.3 Å². The number of anilines is 1. The lowest BCUT2D eigenvalue weighted by Crippen LogP contribution is -2.08. The van der Waals surface area contributed by atoms with Gasteiger partial charge in [0.2, 0.25) is 0 Å². The fourth-order valence-corrected chi connectivity index (χ4v) is 2.08. The summed E-state index contributed by atoms with van der Waals surface area (Å²) in [5.41, 5.74) is 0.982. The Morgan fingerprint density at radius 1 is 1.56 bits per heavy atom. The average molecular weight is 304 g/mol. The number of carbonyl (C=O) groups is 1. The molecule has 0 spiro atoms. The number of benzene rings is 1. The molecule has 2 N–H and O–H groups in total. The Morgan fingerprint density at radius 2 is 2.31 bits per heavy atom. The SMILES string of the molecule is CSCCCNc1ccc(Br)cc1C(=O)O. The number of hydrogen-bond acceptors (Lipinski definition) is 3. The summed E-state index contributed by atoms with van der Waals surface area (Å²) in [6.07, 6.45) is 3.08. The van der Waals surface area contributed by atoms with E-state index in [2.05, 4.69) is 27.5 Å². The normalized spacial score (nSPS) is 10.1. The van der Waals surface area contributed by atoms with Gasteiger partial charge in [0.1, 0.15) is 0 Å². The minimum Gasteiger partial charge on any atom is -0.478 e. The van der Waals surface area contributed by atoms with Gasteiger partial charge in [-0.25, -0.2) is 4.79 Å². The number of carboxylic acids is 1. The van der Waals surface area contributed by atoms with Crippen molar-refractivity contribution in [1.29, 1.82) is 0 Å². The number of halogens is 1. The number of nitrogens with one attached hydrogen (secondary N) is 1. The fourth-order valence-electron chi connectivity index (χ4n) is 1.29. The molecule has 88 valence electrons. The van der Waals surface area contributed by atoms with Crippen LogP contribution in [0, 0.1) is 0 Å². The van der Waals surface area contributed by atoms with Gasteiger partial charge in [0, 0.05) is 16.7 Å². The first kappa shape index (κ1) is 13.4. The van der Waals surface area contributed by atoms with Crippen LogP contribution in [0.5, 0.6) is 0 Å². The third kappa shape index (κ3) is 4.06. The summed E-state index contributed by atoms with van der Waals surface area (Å²) in [6, 6.07) is 5.23. The molecule has 3 nitrogen and oxygen atoms in total. The molecule has 5 heteroatoms. The Hall–Kier alpha value is -0.680. The van der Waals surface area contributed by atoms with Crippen LogP contribution < -0.4 is 5.32 Å². The van der Waals surface area contributed by atoms with Crippen LogP contribution in [0.1, 0.15) is 16.8 Å². The maximum atomic E-state index is 11.0. The van der Waals surface area contributed by atoms with Gasteiger partial charge in [0.15, 0.2) is 0 Å². The molecule has 0 aliphatic rings.